The van der Waals surface area contributed by atoms with Crippen molar-refractivity contribution in [2.45, 2.75) is 20.8 Å². The number of nitrogens with zero attached hydrogens (tertiary/aromatic N) is 4. The van der Waals surface area contributed by atoms with Crippen molar-refractivity contribution in [2.24, 2.45) is 0 Å². The lowest BCUT2D eigenvalue weighted by molar-refractivity contribution is 0.0746. The van der Waals surface area contributed by atoms with Crippen molar-refractivity contribution in [2.75, 3.05) is 31.1 Å². The molecule has 1 saturated heterocycles. The van der Waals surface area contributed by atoms with Gasteiger partial charge in [-0.25, -0.2) is 9.97 Å². The van der Waals surface area contributed by atoms with Gasteiger partial charge >= 0.3 is 0 Å². The first-order valence-corrected chi connectivity index (χ1v) is 8.45. The average molecular weight is 345 g/mol. The first kappa shape index (κ1) is 16.7. The Bertz CT molecular complexity index is 752. The monoisotopic (exact) mass is 344 g/mol. The second kappa shape index (κ2) is 6.77. The molecule has 0 saturated carbocycles. The summed E-state index contributed by atoms with van der Waals surface area (Å²) in [6.45, 7) is 8.89. The summed E-state index contributed by atoms with van der Waals surface area (Å²) in [4.78, 5) is 25.7. The molecule has 6 heteroatoms. The van der Waals surface area contributed by atoms with E-state index in [0.717, 1.165) is 36.0 Å². The molecule has 5 nitrogen and oxygen atoms in total. The first-order valence-electron chi connectivity index (χ1n) is 8.07. The second-order valence-electron chi connectivity index (χ2n) is 6.09. The van der Waals surface area contributed by atoms with Gasteiger partial charge in [0.25, 0.3) is 5.91 Å². The minimum Gasteiger partial charge on any atom is -0.353 e. The number of benzene rings is 1. The van der Waals surface area contributed by atoms with Crippen LogP contribution in [0.2, 0.25) is 5.02 Å². The average Bonchev–Trinajstić information content (AvgIpc) is 2.58. The van der Waals surface area contributed by atoms with Crippen LogP contribution in [0.15, 0.2) is 24.3 Å². The van der Waals surface area contributed by atoms with Crippen LogP contribution in [-0.4, -0.2) is 47.0 Å². The lowest BCUT2D eigenvalue weighted by Gasteiger charge is -2.36. The molecule has 1 fully saturated rings. The van der Waals surface area contributed by atoms with Gasteiger partial charge in [0, 0.05) is 48.0 Å². The number of aryl methyl sites for hydroxylation is 2. The molecule has 1 aromatic carbocycles. The van der Waals surface area contributed by atoms with E-state index in [1.165, 1.54) is 0 Å². The highest BCUT2D eigenvalue weighted by Crippen LogP contribution is 2.21. The third-order valence-electron chi connectivity index (χ3n) is 4.43. The molecule has 0 N–H and O–H groups in total. The van der Waals surface area contributed by atoms with Gasteiger partial charge in [-0.15, -0.1) is 0 Å². The number of rotatable bonds is 2. The predicted molar refractivity (Wildman–Crippen MR) is 95.8 cm³/mol. The van der Waals surface area contributed by atoms with Crippen LogP contribution in [0.3, 0.4) is 0 Å². The smallest absolute Gasteiger partial charge is 0.253 e. The third kappa shape index (κ3) is 3.36. The fraction of sp³-hybridized carbons (Fsp3) is 0.389. The highest BCUT2D eigenvalue weighted by Gasteiger charge is 2.24. The van der Waals surface area contributed by atoms with Crippen LogP contribution in [-0.2, 0) is 0 Å². The van der Waals surface area contributed by atoms with E-state index in [9.17, 15) is 4.79 Å². The molecule has 0 unspecified atom stereocenters. The molecule has 2 aromatic rings. The van der Waals surface area contributed by atoms with Gasteiger partial charge in [-0.05, 0) is 45.0 Å². The molecule has 1 aliphatic rings. The van der Waals surface area contributed by atoms with E-state index in [1.54, 1.807) is 24.3 Å². The van der Waals surface area contributed by atoms with Crippen LogP contribution in [0.25, 0.3) is 0 Å². The lowest BCUT2D eigenvalue weighted by atomic mass is 10.1. The van der Waals surface area contributed by atoms with E-state index < -0.39 is 0 Å². The van der Waals surface area contributed by atoms with Crippen LogP contribution in [0, 0.1) is 20.8 Å². The van der Waals surface area contributed by atoms with Gasteiger partial charge in [-0.3, -0.25) is 4.79 Å². The molecule has 1 aliphatic heterocycles. The van der Waals surface area contributed by atoms with Crippen molar-refractivity contribution in [3.63, 3.8) is 0 Å². The first-order chi connectivity index (χ1) is 11.5. The largest absolute Gasteiger partial charge is 0.353 e. The Morgan fingerprint density at radius 2 is 1.62 bits per heavy atom. The maximum Gasteiger partial charge on any atom is 0.253 e. The Hall–Kier alpha value is -2.14. The van der Waals surface area contributed by atoms with E-state index >= 15 is 0 Å². The maximum absolute atomic E-state index is 12.6. The highest BCUT2D eigenvalue weighted by atomic mass is 35.5. The number of hydrogen-bond donors (Lipinski definition) is 0. The molecule has 0 radical (unpaired) electrons. The summed E-state index contributed by atoms with van der Waals surface area (Å²) in [5.74, 6) is 1.82. The minimum atomic E-state index is 0.0538. The van der Waals surface area contributed by atoms with E-state index in [0.29, 0.717) is 23.7 Å². The fourth-order valence-electron chi connectivity index (χ4n) is 2.95. The summed E-state index contributed by atoms with van der Waals surface area (Å²) in [5, 5.41) is 0.640. The zero-order valence-corrected chi connectivity index (χ0v) is 15.0. The van der Waals surface area contributed by atoms with Crippen LogP contribution < -0.4 is 4.90 Å². The van der Waals surface area contributed by atoms with Gasteiger partial charge in [0.2, 0.25) is 0 Å². The number of piperazine rings is 1. The van der Waals surface area contributed by atoms with Crippen molar-refractivity contribution < 1.29 is 4.79 Å². The Morgan fingerprint density at radius 1 is 1.00 bits per heavy atom. The SMILES string of the molecule is Cc1nc(C)c(C)c(N2CCN(C(=O)c3ccc(Cl)cc3)CC2)n1. The third-order valence-corrected chi connectivity index (χ3v) is 4.68. The molecule has 126 valence electrons. The predicted octanol–water partition coefficient (Wildman–Crippen LogP) is 3.02. The fourth-order valence-corrected chi connectivity index (χ4v) is 3.08. The molecular weight excluding hydrogens is 324 g/mol. The molecule has 0 spiro atoms. The number of aromatic nitrogens is 2. The van der Waals surface area contributed by atoms with Gasteiger partial charge in [0.05, 0.1) is 0 Å². The van der Waals surface area contributed by atoms with Gasteiger partial charge < -0.3 is 9.80 Å². The van der Waals surface area contributed by atoms with Crippen LogP contribution >= 0.6 is 11.6 Å². The minimum absolute atomic E-state index is 0.0538. The summed E-state index contributed by atoms with van der Waals surface area (Å²) in [6, 6.07) is 7.05. The van der Waals surface area contributed by atoms with Crippen molar-refractivity contribution in [1.29, 1.82) is 0 Å². The standard InChI is InChI=1S/C18H21ClN4O/c1-12-13(2)20-14(3)21-17(12)22-8-10-23(11-9-22)18(24)15-4-6-16(19)7-5-15/h4-7H,8-11H2,1-3H3. The molecule has 0 aliphatic carbocycles. The summed E-state index contributed by atoms with van der Waals surface area (Å²) in [7, 11) is 0. The summed E-state index contributed by atoms with van der Waals surface area (Å²) < 4.78 is 0. The van der Waals surface area contributed by atoms with Gasteiger partial charge in [0.1, 0.15) is 11.6 Å². The van der Waals surface area contributed by atoms with E-state index in [4.69, 9.17) is 11.6 Å². The summed E-state index contributed by atoms with van der Waals surface area (Å²) >= 11 is 5.89. The zero-order valence-electron chi connectivity index (χ0n) is 14.2. The van der Waals surface area contributed by atoms with Gasteiger partial charge in [-0.2, -0.15) is 0 Å². The van der Waals surface area contributed by atoms with Crippen LogP contribution in [0.4, 0.5) is 5.82 Å². The van der Waals surface area contributed by atoms with Crippen LogP contribution in [0.5, 0.6) is 0 Å². The highest BCUT2D eigenvalue weighted by molar-refractivity contribution is 6.30. The normalized spacial score (nSPS) is 14.8. The lowest BCUT2D eigenvalue weighted by Crippen LogP contribution is -2.49. The van der Waals surface area contributed by atoms with Gasteiger partial charge in [0.15, 0.2) is 0 Å². The maximum atomic E-state index is 12.6. The molecule has 1 amide bonds. The number of carbonyl (C=O) groups is 1. The quantitative estimate of drug-likeness (QED) is 0.840. The number of hydrogen-bond acceptors (Lipinski definition) is 4. The van der Waals surface area contributed by atoms with Crippen molar-refractivity contribution in [3.8, 4) is 0 Å². The van der Waals surface area contributed by atoms with Crippen LogP contribution in [0.1, 0.15) is 27.4 Å². The van der Waals surface area contributed by atoms with E-state index in [1.807, 2.05) is 18.7 Å². The molecule has 1 aromatic heterocycles. The molecular formula is C18H21ClN4O. The van der Waals surface area contributed by atoms with E-state index in [2.05, 4.69) is 21.8 Å². The van der Waals surface area contributed by atoms with Crippen molar-refractivity contribution >= 4 is 23.3 Å². The van der Waals surface area contributed by atoms with Crippen molar-refractivity contribution in [1.82, 2.24) is 14.9 Å². The molecule has 2 heterocycles. The number of carbonyl (C=O) groups excluding carboxylic acids is 1. The Morgan fingerprint density at radius 3 is 2.25 bits per heavy atom. The number of amides is 1. The molecule has 0 bridgehead atoms. The summed E-state index contributed by atoms with van der Waals surface area (Å²) in [6.07, 6.45) is 0. The number of anilines is 1. The Kier molecular flexibility index (Phi) is 4.71. The molecule has 3 rings (SSSR count). The Balaban J connectivity index is 1.70. The summed E-state index contributed by atoms with van der Waals surface area (Å²) in [5.41, 5.74) is 2.80. The topological polar surface area (TPSA) is 49.3 Å². The zero-order chi connectivity index (χ0) is 17.3. The van der Waals surface area contributed by atoms with E-state index in [-0.39, 0.29) is 5.91 Å². The molecule has 24 heavy (non-hydrogen) atoms. The van der Waals surface area contributed by atoms with Gasteiger partial charge in [-0.1, -0.05) is 11.6 Å². The Labute approximate surface area is 147 Å². The number of halogens is 1. The second-order valence-corrected chi connectivity index (χ2v) is 6.53. The van der Waals surface area contributed by atoms with Crippen molar-refractivity contribution in [3.05, 3.63) is 51.9 Å². The molecule has 0 atom stereocenters.